The molecule has 0 atom stereocenters. The van der Waals surface area contributed by atoms with Gasteiger partial charge in [-0.25, -0.2) is 0 Å². The lowest BCUT2D eigenvalue weighted by molar-refractivity contribution is -0.142. The summed E-state index contributed by atoms with van der Waals surface area (Å²) in [5.74, 6) is 1.28. The lowest BCUT2D eigenvalue weighted by Crippen LogP contribution is -2.20. The van der Waals surface area contributed by atoms with Gasteiger partial charge in [-0.1, -0.05) is 78.6 Å². The Morgan fingerprint density at radius 2 is 0.812 bits per heavy atom. The van der Waals surface area contributed by atoms with E-state index >= 15 is 0 Å². The Hall–Kier alpha value is -2.37. The van der Waals surface area contributed by atoms with Gasteiger partial charge >= 0.3 is 5.97 Å². The molecule has 6 rings (SSSR count). The Kier molecular flexibility index (Phi) is 17.0. The molecule has 3 aliphatic carbocycles. The van der Waals surface area contributed by atoms with Crippen LogP contribution in [0.4, 0.5) is 0 Å². The number of hydrogen-bond donors (Lipinski definition) is 1. The molecule has 3 aromatic carbocycles. The SMILES string of the molecule is C.O=C(Cl)C1CCC(c2ccc(Cl)cc2)CC1.O=C(O)C1CCC(c2ccc(Cl)cc2)CC1.O=CC1CCC(c2ccc(Cl)cc2)CC1. The predicted octanol–water partition coefficient (Wildman–Crippen LogP) is 12.5. The fourth-order valence-electron chi connectivity index (χ4n) is 7.12. The van der Waals surface area contributed by atoms with Gasteiger partial charge in [0.2, 0.25) is 5.24 Å². The summed E-state index contributed by atoms with van der Waals surface area (Å²) in [7, 11) is 0. The van der Waals surface area contributed by atoms with Gasteiger partial charge in [0.25, 0.3) is 0 Å². The summed E-state index contributed by atoms with van der Waals surface area (Å²) in [6, 6.07) is 24.0. The average molecular weight is 735 g/mol. The summed E-state index contributed by atoms with van der Waals surface area (Å²) < 4.78 is 0. The maximum absolute atomic E-state index is 11.0. The van der Waals surface area contributed by atoms with Gasteiger partial charge in [0.1, 0.15) is 6.29 Å². The predicted molar refractivity (Wildman–Crippen MR) is 200 cm³/mol. The lowest BCUT2D eigenvalue weighted by atomic mass is 9.79. The lowest BCUT2D eigenvalue weighted by Gasteiger charge is -2.26. The molecule has 0 unspecified atom stereocenters. The van der Waals surface area contributed by atoms with Gasteiger partial charge in [0.05, 0.1) is 5.92 Å². The standard InChI is InChI=1S/C13H14Cl2O.C13H15ClO2.C13H15ClO.CH4/c2*14-12-7-5-10(6-8-12)9-1-3-11(4-2-9)13(15)16;14-13-7-5-12(6-8-13)11-3-1-10(9-15)2-4-11;/h5-9,11H,1-4H2;5-9,11H,1-4H2,(H,15,16);5-11H,1-4H2;1H4. The smallest absolute Gasteiger partial charge is 0.306 e. The number of hydrogen-bond acceptors (Lipinski definition) is 3. The van der Waals surface area contributed by atoms with Crippen LogP contribution in [-0.2, 0) is 14.4 Å². The first-order valence-electron chi connectivity index (χ1n) is 16.8. The number of carbonyl (C=O) groups is 3. The fourth-order valence-corrected chi connectivity index (χ4v) is 7.72. The van der Waals surface area contributed by atoms with Crippen LogP contribution in [0.1, 0.15) is 119 Å². The second-order valence-electron chi connectivity index (χ2n) is 13.1. The molecule has 0 aromatic heterocycles. The Bertz CT molecular complexity index is 1330. The highest BCUT2D eigenvalue weighted by molar-refractivity contribution is 6.64. The Balaban J connectivity index is 0.000000193. The van der Waals surface area contributed by atoms with E-state index in [1.807, 2.05) is 48.5 Å². The van der Waals surface area contributed by atoms with Crippen molar-refractivity contribution in [3.05, 3.63) is 105 Å². The maximum Gasteiger partial charge on any atom is 0.306 e. The summed E-state index contributed by atoms with van der Waals surface area (Å²) in [6.45, 7) is 0. The van der Waals surface area contributed by atoms with Gasteiger partial charge in [-0.2, -0.15) is 0 Å². The third-order valence-corrected chi connectivity index (χ3v) is 11.2. The van der Waals surface area contributed by atoms with E-state index < -0.39 is 5.97 Å². The van der Waals surface area contributed by atoms with Crippen LogP contribution < -0.4 is 0 Å². The monoisotopic (exact) mass is 732 g/mol. The van der Waals surface area contributed by atoms with Crippen LogP contribution in [0.3, 0.4) is 0 Å². The highest BCUT2D eigenvalue weighted by atomic mass is 35.5. The van der Waals surface area contributed by atoms with E-state index in [2.05, 4.69) is 24.3 Å². The minimum atomic E-state index is -0.644. The fraction of sp³-hybridized carbons (Fsp3) is 0.475. The molecule has 0 radical (unpaired) electrons. The van der Waals surface area contributed by atoms with Gasteiger partial charge < -0.3 is 9.90 Å². The molecule has 260 valence electrons. The van der Waals surface area contributed by atoms with Crippen LogP contribution in [0.2, 0.25) is 15.1 Å². The van der Waals surface area contributed by atoms with Crippen LogP contribution >= 0.6 is 46.4 Å². The van der Waals surface area contributed by atoms with Gasteiger partial charge in [0.15, 0.2) is 0 Å². The number of carboxylic acid groups (broad SMARTS) is 1. The van der Waals surface area contributed by atoms with Gasteiger partial charge in [-0.05, 0) is 159 Å². The maximum atomic E-state index is 11.0. The molecule has 0 saturated heterocycles. The molecular formula is C40H48Cl4O4. The molecule has 0 heterocycles. The second-order valence-corrected chi connectivity index (χ2v) is 14.8. The van der Waals surface area contributed by atoms with E-state index in [-0.39, 0.29) is 24.5 Å². The largest absolute Gasteiger partial charge is 0.481 e. The molecule has 0 bridgehead atoms. The molecule has 8 heteroatoms. The van der Waals surface area contributed by atoms with Crippen LogP contribution in [0.25, 0.3) is 0 Å². The van der Waals surface area contributed by atoms with Crippen molar-refractivity contribution in [2.24, 2.45) is 17.8 Å². The van der Waals surface area contributed by atoms with Crippen LogP contribution in [-0.4, -0.2) is 22.6 Å². The first-order valence-corrected chi connectivity index (χ1v) is 18.3. The molecule has 3 saturated carbocycles. The van der Waals surface area contributed by atoms with Gasteiger partial charge in [-0.3, -0.25) is 9.59 Å². The zero-order chi connectivity index (χ0) is 33.8. The van der Waals surface area contributed by atoms with E-state index in [1.54, 1.807) is 0 Å². The topological polar surface area (TPSA) is 71.4 Å². The molecule has 4 nitrogen and oxygen atoms in total. The third-order valence-electron chi connectivity index (χ3n) is 10.1. The van der Waals surface area contributed by atoms with Crippen LogP contribution in [0.15, 0.2) is 72.8 Å². The normalized spacial score (nSPS) is 25.1. The number of rotatable bonds is 6. The van der Waals surface area contributed by atoms with Crippen molar-refractivity contribution in [3.63, 3.8) is 0 Å². The first-order chi connectivity index (χ1) is 22.6. The highest BCUT2D eigenvalue weighted by Gasteiger charge is 2.27. The highest BCUT2D eigenvalue weighted by Crippen LogP contribution is 2.38. The summed E-state index contributed by atoms with van der Waals surface area (Å²) >= 11 is 23.1. The summed E-state index contributed by atoms with van der Waals surface area (Å²) in [5, 5.41) is 11.1. The summed E-state index contributed by atoms with van der Waals surface area (Å²) in [5.41, 5.74) is 3.97. The number of carbonyl (C=O) groups excluding carboxylic acids is 2. The first kappa shape index (κ1) is 40.1. The van der Waals surface area contributed by atoms with E-state index in [0.717, 1.165) is 98.4 Å². The Labute approximate surface area is 306 Å². The van der Waals surface area contributed by atoms with Gasteiger partial charge in [0, 0.05) is 26.9 Å². The van der Waals surface area contributed by atoms with Crippen molar-refractivity contribution in [1.82, 2.24) is 0 Å². The van der Waals surface area contributed by atoms with Crippen molar-refractivity contribution in [3.8, 4) is 0 Å². The molecule has 0 aliphatic heterocycles. The third kappa shape index (κ3) is 12.5. The van der Waals surface area contributed by atoms with Crippen molar-refractivity contribution in [1.29, 1.82) is 0 Å². The molecule has 3 aromatic rings. The Morgan fingerprint density at radius 1 is 0.521 bits per heavy atom. The molecule has 3 fully saturated rings. The zero-order valence-corrected chi connectivity index (χ0v) is 29.7. The summed E-state index contributed by atoms with van der Waals surface area (Å²) in [4.78, 5) is 32.5. The number of carboxylic acids is 1. The molecule has 3 aliphatic rings. The zero-order valence-electron chi connectivity index (χ0n) is 26.6. The molecular weight excluding hydrogens is 686 g/mol. The Morgan fingerprint density at radius 3 is 1.08 bits per heavy atom. The van der Waals surface area contributed by atoms with Crippen molar-refractivity contribution >= 4 is 63.9 Å². The quantitative estimate of drug-likeness (QED) is 0.202. The molecule has 0 amide bonds. The summed E-state index contributed by atoms with van der Waals surface area (Å²) in [6.07, 6.45) is 12.9. The average Bonchev–Trinajstić information content (AvgIpc) is 3.10. The van der Waals surface area contributed by atoms with Crippen LogP contribution in [0.5, 0.6) is 0 Å². The number of aliphatic carboxylic acids is 1. The van der Waals surface area contributed by atoms with E-state index in [1.165, 1.54) is 16.7 Å². The minimum absolute atomic E-state index is 0. The molecule has 0 spiro atoms. The van der Waals surface area contributed by atoms with Crippen molar-refractivity contribution in [2.45, 2.75) is 102 Å². The van der Waals surface area contributed by atoms with Crippen molar-refractivity contribution in [2.75, 3.05) is 0 Å². The molecule has 48 heavy (non-hydrogen) atoms. The van der Waals surface area contributed by atoms with Crippen molar-refractivity contribution < 1.29 is 19.5 Å². The minimum Gasteiger partial charge on any atom is -0.481 e. The number of halogens is 4. The van der Waals surface area contributed by atoms with E-state index in [0.29, 0.717) is 23.7 Å². The van der Waals surface area contributed by atoms with E-state index in [4.69, 9.17) is 51.5 Å². The van der Waals surface area contributed by atoms with Gasteiger partial charge in [-0.15, -0.1) is 0 Å². The van der Waals surface area contributed by atoms with E-state index in [9.17, 15) is 14.4 Å². The number of aldehydes is 1. The number of benzene rings is 3. The molecule has 1 N–H and O–H groups in total. The van der Waals surface area contributed by atoms with Crippen LogP contribution in [0, 0.1) is 17.8 Å². The second kappa shape index (κ2) is 20.3.